The Kier molecular flexibility index (Phi) is 8.22. The number of carbonyl (C=O) groups is 2. The summed E-state index contributed by atoms with van der Waals surface area (Å²) in [5.41, 5.74) is -0.963. The second-order valence-corrected chi connectivity index (χ2v) is 13.8. The van der Waals surface area contributed by atoms with Crippen molar-refractivity contribution in [2.24, 2.45) is 0 Å². The molecule has 2 aliphatic rings. The number of carbonyl (C=O) groups excluding carboxylic acids is 2. The molecule has 0 aliphatic carbocycles. The number of alkyl halides is 3. The number of aliphatic hydroxyl groups excluding tert-OH is 1. The van der Waals surface area contributed by atoms with Gasteiger partial charge in [-0.05, 0) is 42.8 Å². The molecule has 3 aromatic carbocycles. The molecular formula is C30H30BrF3N3O7S+. The standard InChI is InChI=1S/C30H29BrF3N3O7S/c1-17-7-5-6-8-21(17)29(37(3)16-19(38)14-24(37)27(39)35-2)22-13-18(31)9-11-23(22)36(28(29)40)45(41,42)26-12-10-20(43-4)15-25(26)44-30(32,33)34/h5-13,15,19,24,38H,14,16H2,1-4H3/p+1/t19-,24+,29?,37?/m1/s1. The highest BCUT2D eigenvalue weighted by atomic mass is 79.9. The summed E-state index contributed by atoms with van der Waals surface area (Å²) < 4.78 is 79.2. The Morgan fingerprint density at radius 3 is 2.44 bits per heavy atom. The van der Waals surface area contributed by atoms with Crippen molar-refractivity contribution < 1.29 is 50.2 Å². The number of likely N-dealkylation sites (N-methyl/N-ethyl adjacent to an activating group) is 2. The van der Waals surface area contributed by atoms with E-state index in [1.54, 1.807) is 44.3 Å². The minimum Gasteiger partial charge on any atom is -0.497 e. The highest BCUT2D eigenvalue weighted by Gasteiger charge is 2.71. The normalized spacial score (nSPS) is 24.8. The molecule has 1 saturated heterocycles. The highest BCUT2D eigenvalue weighted by molar-refractivity contribution is 9.10. The zero-order valence-corrected chi connectivity index (χ0v) is 27.0. The number of sulfonamides is 1. The smallest absolute Gasteiger partial charge is 0.497 e. The van der Waals surface area contributed by atoms with Crippen molar-refractivity contribution in [2.45, 2.75) is 42.3 Å². The zero-order chi connectivity index (χ0) is 33.1. The van der Waals surface area contributed by atoms with E-state index in [0.717, 1.165) is 18.2 Å². The Labute approximate surface area is 266 Å². The van der Waals surface area contributed by atoms with E-state index in [1.807, 2.05) is 0 Å². The molecule has 0 radical (unpaired) electrons. The summed E-state index contributed by atoms with van der Waals surface area (Å²) in [6.45, 7) is 1.61. The van der Waals surface area contributed by atoms with Gasteiger partial charge in [-0.15, -0.1) is 13.2 Å². The van der Waals surface area contributed by atoms with E-state index in [9.17, 15) is 31.5 Å². The van der Waals surface area contributed by atoms with Crippen molar-refractivity contribution in [3.8, 4) is 11.5 Å². The van der Waals surface area contributed by atoms with Gasteiger partial charge in [0.1, 0.15) is 23.3 Å². The third-order valence-corrected chi connectivity index (χ3v) is 10.8. The lowest BCUT2D eigenvalue weighted by molar-refractivity contribution is -0.953. The van der Waals surface area contributed by atoms with E-state index in [1.165, 1.54) is 26.3 Å². The fraction of sp³-hybridized carbons (Fsp3) is 0.333. The predicted molar refractivity (Wildman–Crippen MR) is 160 cm³/mol. The van der Waals surface area contributed by atoms with Crippen molar-refractivity contribution >= 4 is 43.5 Å². The number of likely N-dealkylation sites (tertiary alicyclic amines) is 1. The average molecular weight is 714 g/mol. The fourth-order valence-corrected chi connectivity index (χ4v) is 8.68. The van der Waals surface area contributed by atoms with Crippen LogP contribution in [0.2, 0.25) is 0 Å². The van der Waals surface area contributed by atoms with E-state index in [0.29, 0.717) is 19.9 Å². The van der Waals surface area contributed by atoms with Crippen LogP contribution in [0.5, 0.6) is 11.5 Å². The number of benzene rings is 3. The summed E-state index contributed by atoms with van der Waals surface area (Å²) in [6, 6.07) is 13.0. The van der Waals surface area contributed by atoms with Crippen LogP contribution in [0.25, 0.3) is 0 Å². The number of hydrogen-bond donors (Lipinski definition) is 2. The molecule has 1 fully saturated rings. The van der Waals surface area contributed by atoms with Gasteiger partial charge in [-0.25, -0.2) is 8.42 Å². The SMILES string of the molecule is CNC(=O)[C@@H]1C[C@@H](O)C[N+]1(C)C1(c2ccccc2C)C(=O)N(S(=O)(=O)c2ccc(OC)cc2OC(F)(F)F)c2ccc(Br)cc21. The summed E-state index contributed by atoms with van der Waals surface area (Å²) in [6.07, 6.45) is -6.35. The molecule has 0 saturated carbocycles. The monoisotopic (exact) mass is 712 g/mol. The van der Waals surface area contributed by atoms with Crippen LogP contribution in [-0.2, 0) is 25.2 Å². The van der Waals surface area contributed by atoms with E-state index in [4.69, 9.17) is 4.74 Å². The lowest BCUT2D eigenvalue weighted by Crippen LogP contribution is -2.69. The summed E-state index contributed by atoms with van der Waals surface area (Å²) >= 11 is 3.43. The maximum absolute atomic E-state index is 15.3. The minimum atomic E-state index is -5.27. The molecule has 45 heavy (non-hydrogen) atoms. The first-order valence-corrected chi connectivity index (χ1v) is 15.9. The molecule has 4 atom stereocenters. The molecule has 240 valence electrons. The molecule has 2 N–H and O–H groups in total. The highest BCUT2D eigenvalue weighted by Crippen LogP contribution is 2.57. The molecule has 2 aliphatic heterocycles. The van der Waals surface area contributed by atoms with Crippen molar-refractivity contribution in [3.05, 3.63) is 81.8 Å². The van der Waals surface area contributed by atoms with Gasteiger partial charge >= 0.3 is 12.3 Å². The van der Waals surface area contributed by atoms with Gasteiger partial charge in [0.25, 0.3) is 15.9 Å². The van der Waals surface area contributed by atoms with Gasteiger partial charge in [0.15, 0.2) is 11.8 Å². The third-order valence-electron chi connectivity index (χ3n) is 8.58. The molecule has 2 amide bonds. The molecule has 0 aromatic heterocycles. The van der Waals surface area contributed by atoms with Gasteiger partial charge in [-0.3, -0.25) is 14.1 Å². The van der Waals surface area contributed by atoms with Crippen LogP contribution in [0.15, 0.2) is 70.0 Å². The number of rotatable bonds is 7. The Morgan fingerprint density at radius 2 is 1.82 bits per heavy atom. The maximum atomic E-state index is 15.3. The number of anilines is 1. The van der Waals surface area contributed by atoms with Crippen molar-refractivity contribution in [1.29, 1.82) is 0 Å². The zero-order valence-electron chi connectivity index (χ0n) is 24.6. The van der Waals surface area contributed by atoms with Gasteiger partial charge < -0.3 is 19.9 Å². The van der Waals surface area contributed by atoms with Gasteiger partial charge in [-0.2, -0.15) is 4.31 Å². The lowest BCUT2D eigenvalue weighted by Gasteiger charge is -2.49. The number of ether oxygens (including phenoxy) is 2. The van der Waals surface area contributed by atoms with Gasteiger partial charge in [-0.1, -0.05) is 40.2 Å². The van der Waals surface area contributed by atoms with Gasteiger partial charge in [0.05, 0.1) is 25.4 Å². The lowest BCUT2D eigenvalue weighted by atomic mass is 9.77. The number of aliphatic hydroxyl groups is 1. The Hall–Kier alpha value is -3.66. The second kappa shape index (κ2) is 11.3. The number of hydrogen-bond acceptors (Lipinski definition) is 7. The van der Waals surface area contributed by atoms with Crippen LogP contribution in [0, 0.1) is 6.92 Å². The molecule has 5 rings (SSSR count). The second-order valence-electron chi connectivity index (χ2n) is 11.1. The Bertz CT molecular complexity index is 1810. The molecule has 15 heteroatoms. The first-order chi connectivity index (χ1) is 21.0. The number of nitrogens with one attached hydrogen (secondary N) is 1. The van der Waals surface area contributed by atoms with E-state index in [2.05, 4.69) is 26.0 Å². The van der Waals surface area contributed by atoms with Crippen LogP contribution in [0.4, 0.5) is 18.9 Å². The molecule has 3 aromatic rings. The van der Waals surface area contributed by atoms with Crippen molar-refractivity contribution in [2.75, 3.05) is 32.1 Å². The van der Waals surface area contributed by atoms with Crippen LogP contribution in [-0.4, -0.2) is 76.1 Å². The van der Waals surface area contributed by atoms with Crippen molar-refractivity contribution in [1.82, 2.24) is 5.32 Å². The van der Waals surface area contributed by atoms with Crippen LogP contribution >= 0.6 is 15.9 Å². The van der Waals surface area contributed by atoms with Crippen molar-refractivity contribution in [3.63, 3.8) is 0 Å². The number of halogens is 4. The Balaban J connectivity index is 1.87. The number of methoxy groups -OCH3 is 1. The average Bonchev–Trinajstić information content (AvgIpc) is 3.42. The summed E-state index contributed by atoms with van der Waals surface area (Å²) in [7, 11) is -0.923. The van der Waals surface area contributed by atoms with Gasteiger partial charge in [0, 0.05) is 29.6 Å². The predicted octanol–water partition coefficient (Wildman–Crippen LogP) is 3.97. The molecule has 10 nitrogen and oxygen atoms in total. The summed E-state index contributed by atoms with van der Waals surface area (Å²) in [5, 5.41) is 13.6. The van der Waals surface area contributed by atoms with E-state index >= 15 is 4.79 Å². The number of quaternary nitrogens is 1. The van der Waals surface area contributed by atoms with Crippen LogP contribution in [0.1, 0.15) is 23.1 Å². The van der Waals surface area contributed by atoms with Crippen LogP contribution in [0.3, 0.4) is 0 Å². The molecule has 2 heterocycles. The largest absolute Gasteiger partial charge is 0.573 e. The number of amides is 2. The Morgan fingerprint density at radius 1 is 1.13 bits per heavy atom. The number of aryl methyl sites for hydroxylation is 1. The number of nitrogens with zero attached hydrogens (tertiary/aromatic N) is 2. The molecule has 0 bridgehead atoms. The first-order valence-electron chi connectivity index (χ1n) is 13.7. The van der Waals surface area contributed by atoms with Gasteiger partial charge in [0.2, 0.25) is 5.54 Å². The minimum absolute atomic E-state index is 0.0325. The molecule has 0 spiro atoms. The molecular weight excluding hydrogens is 683 g/mol. The summed E-state index contributed by atoms with van der Waals surface area (Å²) in [5.74, 6) is -2.73. The first kappa shape index (κ1) is 32.7. The quantitative estimate of drug-likeness (QED) is 0.356. The third kappa shape index (κ3) is 5.05. The topological polar surface area (TPSA) is 122 Å². The summed E-state index contributed by atoms with van der Waals surface area (Å²) in [4.78, 5) is 27.7. The fourth-order valence-electron chi connectivity index (χ4n) is 6.76. The maximum Gasteiger partial charge on any atom is 0.573 e. The number of fused-ring (bicyclic) bond motifs is 1. The molecule has 2 unspecified atom stereocenters. The van der Waals surface area contributed by atoms with E-state index < -0.39 is 61.0 Å². The van der Waals surface area contributed by atoms with E-state index in [-0.39, 0.29) is 30.0 Å². The van der Waals surface area contributed by atoms with Crippen LogP contribution < -0.4 is 19.1 Å².